The Labute approximate surface area is 164 Å². The number of nitrogens with zero attached hydrogens (tertiary/aromatic N) is 3. The van der Waals surface area contributed by atoms with E-state index in [0.29, 0.717) is 29.9 Å². The molecular weight excluding hydrogens is 356 g/mol. The fourth-order valence-electron chi connectivity index (χ4n) is 3.74. The minimum absolute atomic E-state index is 0.131. The largest absolute Gasteiger partial charge is 0.482 e. The summed E-state index contributed by atoms with van der Waals surface area (Å²) < 4.78 is 11.7. The number of carbonyl (C=O) groups excluding carboxylic acids is 1. The number of aromatic nitrogens is 2. The maximum atomic E-state index is 12.6. The molecule has 3 aliphatic rings. The summed E-state index contributed by atoms with van der Waals surface area (Å²) in [6.45, 7) is 4.22. The summed E-state index contributed by atoms with van der Waals surface area (Å²) >= 11 is 0. The van der Waals surface area contributed by atoms with Gasteiger partial charge in [0.15, 0.2) is 17.3 Å². The molecule has 7 nitrogen and oxygen atoms in total. The van der Waals surface area contributed by atoms with Crippen LogP contribution in [0.1, 0.15) is 31.4 Å². The molecule has 1 aromatic carbocycles. The lowest BCUT2D eigenvalue weighted by molar-refractivity contribution is -0.133. The Kier molecular flexibility index (Phi) is 4.30. The Balaban J connectivity index is 1.10. The molecule has 2 unspecified atom stereocenters. The van der Waals surface area contributed by atoms with Crippen LogP contribution in [0.4, 0.5) is 5.82 Å². The molecule has 1 amide bonds. The fraction of sp³-hybridized carbons (Fsp3) is 0.476. The molecule has 1 aromatic heterocycles. The van der Waals surface area contributed by atoms with E-state index >= 15 is 0 Å². The normalized spacial score (nSPS) is 23.8. The van der Waals surface area contributed by atoms with Crippen molar-refractivity contribution < 1.29 is 14.3 Å². The van der Waals surface area contributed by atoms with Crippen molar-refractivity contribution in [3.05, 3.63) is 42.1 Å². The van der Waals surface area contributed by atoms with E-state index in [-0.39, 0.29) is 12.0 Å². The van der Waals surface area contributed by atoms with E-state index in [1.807, 2.05) is 31.2 Å². The number of hydrogen-bond donors (Lipinski definition) is 1. The fourth-order valence-corrected chi connectivity index (χ4v) is 3.74. The van der Waals surface area contributed by atoms with Crippen molar-refractivity contribution in [1.29, 1.82) is 0 Å². The molecule has 1 aliphatic carbocycles. The summed E-state index contributed by atoms with van der Waals surface area (Å²) in [4.78, 5) is 14.8. The molecule has 0 radical (unpaired) electrons. The van der Waals surface area contributed by atoms with E-state index in [4.69, 9.17) is 9.47 Å². The van der Waals surface area contributed by atoms with Crippen LogP contribution in [-0.4, -0.2) is 47.9 Å². The molecule has 2 fully saturated rings. The number of amides is 1. The summed E-state index contributed by atoms with van der Waals surface area (Å²) in [6.07, 6.45) is 1.51. The molecule has 2 aromatic rings. The smallest absolute Gasteiger partial charge is 0.265 e. The van der Waals surface area contributed by atoms with E-state index in [1.165, 1.54) is 12.8 Å². The highest BCUT2D eigenvalue weighted by Gasteiger charge is 2.35. The first-order chi connectivity index (χ1) is 13.7. The number of para-hydroxylation sites is 2. The highest BCUT2D eigenvalue weighted by Crippen LogP contribution is 2.39. The number of benzene rings is 1. The van der Waals surface area contributed by atoms with Crippen LogP contribution >= 0.6 is 0 Å². The molecule has 7 heteroatoms. The predicted molar refractivity (Wildman–Crippen MR) is 104 cm³/mol. The lowest BCUT2D eigenvalue weighted by Crippen LogP contribution is -2.55. The average molecular weight is 380 g/mol. The van der Waals surface area contributed by atoms with E-state index in [2.05, 4.69) is 32.5 Å². The second-order valence-electron chi connectivity index (χ2n) is 7.91. The first-order valence-electron chi connectivity index (χ1n) is 9.96. The van der Waals surface area contributed by atoms with Crippen molar-refractivity contribution in [3.8, 4) is 11.5 Å². The van der Waals surface area contributed by atoms with Gasteiger partial charge in [0, 0.05) is 31.5 Å². The zero-order valence-corrected chi connectivity index (χ0v) is 15.9. The number of fused-ring (bicyclic) bond motifs is 1. The third-order valence-electron chi connectivity index (χ3n) is 5.61. The molecule has 2 atom stereocenters. The molecule has 28 heavy (non-hydrogen) atoms. The minimum Gasteiger partial charge on any atom is -0.482 e. The third-order valence-corrected chi connectivity index (χ3v) is 5.61. The maximum absolute atomic E-state index is 12.6. The first kappa shape index (κ1) is 17.3. The number of rotatable bonds is 5. The van der Waals surface area contributed by atoms with Gasteiger partial charge in [-0.3, -0.25) is 4.79 Å². The Morgan fingerprint density at radius 3 is 2.54 bits per heavy atom. The predicted octanol–water partition coefficient (Wildman–Crippen LogP) is 2.13. The first-order valence-corrected chi connectivity index (χ1v) is 9.96. The Bertz CT molecular complexity index is 862. The van der Waals surface area contributed by atoms with Crippen LogP contribution < -0.4 is 19.7 Å². The van der Waals surface area contributed by atoms with Crippen LogP contribution in [0.2, 0.25) is 0 Å². The number of ether oxygens (including phenoxy) is 2. The molecule has 1 saturated heterocycles. The van der Waals surface area contributed by atoms with Crippen molar-refractivity contribution in [1.82, 2.24) is 15.5 Å². The molecular formula is C21H24N4O3. The van der Waals surface area contributed by atoms with E-state index in [0.717, 1.165) is 24.6 Å². The lowest BCUT2D eigenvalue weighted by Gasteiger charge is -2.40. The van der Waals surface area contributed by atoms with Crippen molar-refractivity contribution in [2.24, 2.45) is 5.92 Å². The number of carbonyl (C=O) groups is 1. The van der Waals surface area contributed by atoms with Gasteiger partial charge in [0.1, 0.15) is 6.10 Å². The second-order valence-corrected chi connectivity index (χ2v) is 7.91. The Morgan fingerprint density at radius 1 is 1.11 bits per heavy atom. The lowest BCUT2D eigenvalue weighted by atomic mass is 10.00. The average Bonchev–Trinajstić information content (AvgIpc) is 3.52. The Hall–Kier alpha value is -2.83. The van der Waals surface area contributed by atoms with Crippen LogP contribution in [-0.2, 0) is 4.79 Å². The van der Waals surface area contributed by atoms with E-state index in [1.54, 1.807) is 0 Å². The maximum Gasteiger partial charge on any atom is 0.265 e. The van der Waals surface area contributed by atoms with Crippen LogP contribution in [0.15, 0.2) is 36.4 Å². The van der Waals surface area contributed by atoms with Crippen LogP contribution in [0.25, 0.3) is 0 Å². The molecule has 1 N–H and O–H groups in total. The molecule has 146 valence electrons. The second kappa shape index (κ2) is 6.96. The van der Waals surface area contributed by atoms with Gasteiger partial charge in [-0.2, -0.15) is 5.10 Å². The van der Waals surface area contributed by atoms with Gasteiger partial charge >= 0.3 is 0 Å². The van der Waals surface area contributed by atoms with Gasteiger partial charge in [0.05, 0.1) is 5.69 Å². The van der Waals surface area contributed by atoms with Gasteiger partial charge in [0.25, 0.3) is 5.91 Å². The highest BCUT2D eigenvalue weighted by molar-refractivity contribution is 5.82. The van der Waals surface area contributed by atoms with Crippen molar-refractivity contribution >= 4 is 11.7 Å². The van der Waals surface area contributed by atoms with E-state index in [9.17, 15) is 4.79 Å². The molecule has 0 bridgehead atoms. The summed E-state index contributed by atoms with van der Waals surface area (Å²) in [5.41, 5.74) is 1.11. The van der Waals surface area contributed by atoms with Crippen molar-refractivity contribution in [3.63, 3.8) is 0 Å². The van der Waals surface area contributed by atoms with Crippen LogP contribution in [0.3, 0.4) is 0 Å². The molecule has 1 saturated carbocycles. The summed E-state index contributed by atoms with van der Waals surface area (Å²) in [5.74, 6) is 3.11. The SMILES string of the molecule is CC1Oc2ccccc2OC1C(=O)NCC1CN(c2ccc(C3CC3)nn2)C1. The minimum atomic E-state index is -0.632. The zero-order chi connectivity index (χ0) is 19.1. The van der Waals surface area contributed by atoms with Gasteiger partial charge in [-0.1, -0.05) is 12.1 Å². The summed E-state index contributed by atoms with van der Waals surface area (Å²) in [5, 5.41) is 11.7. The molecule has 5 rings (SSSR count). The van der Waals surface area contributed by atoms with Crippen LogP contribution in [0.5, 0.6) is 11.5 Å². The number of nitrogens with one attached hydrogen (secondary N) is 1. The van der Waals surface area contributed by atoms with E-state index < -0.39 is 6.10 Å². The zero-order valence-electron chi connectivity index (χ0n) is 15.9. The van der Waals surface area contributed by atoms with Crippen LogP contribution in [0, 0.1) is 5.92 Å². The number of hydrogen-bond acceptors (Lipinski definition) is 6. The van der Waals surface area contributed by atoms with Gasteiger partial charge in [-0.15, -0.1) is 5.10 Å². The van der Waals surface area contributed by atoms with Crippen molar-refractivity contribution in [2.75, 3.05) is 24.5 Å². The van der Waals surface area contributed by atoms with Gasteiger partial charge < -0.3 is 19.7 Å². The topological polar surface area (TPSA) is 76.6 Å². The molecule has 2 aliphatic heterocycles. The third kappa shape index (κ3) is 3.37. The molecule has 3 heterocycles. The Morgan fingerprint density at radius 2 is 1.86 bits per heavy atom. The standard InChI is InChI=1S/C21H24N4O3/c1-13-20(28-18-5-3-2-4-17(18)27-13)21(26)22-10-14-11-25(12-14)19-9-8-16(23-24-19)15-6-7-15/h2-5,8-9,13-15,20H,6-7,10-12H2,1H3,(H,22,26). The van der Waals surface area contributed by atoms with Gasteiger partial charge in [0.2, 0.25) is 6.10 Å². The highest BCUT2D eigenvalue weighted by atomic mass is 16.6. The monoisotopic (exact) mass is 380 g/mol. The van der Waals surface area contributed by atoms with Crippen molar-refractivity contribution in [2.45, 2.75) is 37.9 Å². The summed E-state index contributed by atoms with van der Waals surface area (Å²) in [7, 11) is 0. The van der Waals surface area contributed by atoms with Gasteiger partial charge in [-0.05, 0) is 44.0 Å². The van der Waals surface area contributed by atoms with Gasteiger partial charge in [-0.25, -0.2) is 0 Å². The quantitative estimate of drug-likeness (QED) is 0.856. The molecule has 0 spiro atoms. The summed E-state index contributed by atoms with van der Waals surface area (Å²) in [6, 6.07) is 11.6. The number of anilines is 1.